The van der Waals surface area contributed by atoms with Crippen molar-refractivity contribution in [2.75, 3.05) is 19.7 Å². The molecule has 1 heterocycles. The number of ether oxygens (including phenoxy) is 1. The van der Waals surface area contributed by atoms with E-state index < -0.39 is 5.97 Å². The molecule has 3 rings (SSSR count). The number of aryl methyl sites for hydroxylation is 1. The Morgan fingerprint density at radius 1 is 1.16 bits per heavy atom. The highest BCUT2D eigenvalue weighted by Gasteiger charge is 2.21. The van der Waals surface area contributed by atoms with Gasteiger partial charge < -0.3 is 14.9 Å². The van der Waals surface area contributed by atoms with Crippen LogP contribution in [0.4, 0.5) is 0 Å². The Morgan fingerprint density at radius 3 is 2.72 bits per heavy atom. The molecule has 0 saturated carbocycles. The summed E-state index contributed by atoms with van der Waals surface area (Å²) in [6.45, 7) is 3.00. The highest BCUT2D eigenvalue weighted by Crippen LogP contribution is 2.21. The van der Waals surface area contributed by atoms with Gasteiger partial charge in [-0.3, -0.25) is 4.90 Å². The normalized spacial score (nSPS) is 18.2. The van der Waals surface area contributed by atoms with Crippen LogP contribution in [0.5, 0.6) is 5.75 Å². The van der Waals surface area contributed by atoms with E-state index in [1.807, 2.05) is 18.2 Å². The number of hydrogen-bond acceptors (Lipinski definition) is 4. The molecule has 2 N–H and O–H groups in total. The van der Waals surface area contributed by atoms with Crippen molar-refractivity contribution < 1.29 is 19.7 Å². The van der Waals surface area contributed by atoms with E-state index in [9.17, 15) is 9.90 Å². The number of carboxylic acid groups (broad SMARTS) is 1. The van der Waals surface area contributed by atoms with Gasteiger partial charge in [0.05, 0.1) is 12.7 Å². The average molecular weight is 341 g/mol. The van der Waals surface area contributed by atoms with Crippen molar-refractivity contribution in [2.24, 2.45) is 0 Å². The molecule has 5 heteroatoms. The Morgan fingerprint density at radius 2 is 1.96 bits per heavy atom. The Labute approximate surface area is 147 Å². The maximum absolute atomic E-state index is 11.1. The van der Waals surface area contributed by atoms with Gasteiger partial charge in [-0.1, -0.05) is 36.4 Å². The topological polar surface area (TPSA) is 70.0 Å². The molecule has 0 aliphatic carbocycles. The fraction of sp³-hybridized carbons (Fsp3) is 0.350. The summed E-state index contributed by atoms with van der Waals surface area (Å²) in [5.74, 6) is -1.30. The lowest BCUT2D eigenvalue weighted by molar-refractivity contribution is -0.0345. The van der Waals surface area contributed by atoms with Crippen LogP contribution in [0.3, 0.4) is 0 Å². The van der Waals surface area contributed by atoms with E-state index in [0.29, 0.717) is 13.2 Å². The molecule has 1 atom stereocenters. The molecule has 0 amide bonds. The second kappa shape index (κ2) is 8.14. The summed E-state index contributed by atoms with van der Waals surface area (Å²) in [6.07, 6.45) is 2.14. The fourth-order valence-electron chi connectivity index (χ4n) is 3.18. The summed E-state index contributed by atoms with van der Waals surface area (Å²) in [4.78, 5) is 13.4. The summed E-state index contributed by atoms with van der Waals surface area (Å²) in [5.41, 5.74) is 2.15. The van der Waals surface area contributed by atoms with E-state index in [1.165, 1.54) is 11.6 Å². The van der Waals surface area contributed by atoms with Crippen LogP contribution in [0.25, 0.3) is 0 Å². The monoisotopic (exact) mass is 341 g/mol. The number of morpholine rings is 1. The summed E-state index contributed by atoms with van der Waals surface area (Å²) >= 11 is 0. The average Bonchev–Trinajstić information content (AvgIpc) is 2.63. The van der Waals surface area contributed by atoms with Gasteiger partial charge in [-0.15, -0.1) is 0 Å². The fourth-order valence-corrected chi connectivity index (χ4v) is 3.18. The minimum atomic E-state index is -1.11. The summed E-state index contributed by atoms with van der Waals surface area (Å²) in [5, 5.41) is 18.7. The maximum Gasteiger partial charge on any atom is 0.339 e. The molecule has 1 fully saturated rings. The lowest BCUT2D eigenvalue weighted by Crippen LogP contribution is -2.42. The van der Waals surface area contributed by atoms with Crippen LogP contribution in [-0.4, -0.2) is 46.9 Å². The molecular formula is C20H23NO4. The smallest absolute Gasteiger partial charge is 0.339 e. The van der Waals surface area contributed by atoms with E-state index >= 15 is 0 Å². The molecule has 1 aliphatic heterocycles. The predicted octanol–water partition coefficient (Wildman–Crippen LogP) is 2.92. The van der Waals surface area contributed by atoms with Crippen molar-refractivity contribution in [3.8, 4) is 5.75 Å². The van der Waals surface area contributed by atoms with Crippen LogP contribution < -0.4 is 0 Å². The van der Waals surface area contributed by atoms with Gasteiger partial charge in [-0.05, 0) is 36.1 Å². The molecule has 0 radical (unpaired) electrons. The first-order valence-corrected chi connectivity index (χ1v) is 8.55. The zero-order valence-corrected chi connectivity index (χ0v) is 14.1. The number of phenols is 1. The molecule has 25 heavy (non-hydrogen) atoms. The first-order chi connectivity index (χ1) is 12.1. The van der Waals surface area contributed by atoms with Crippen molar-refractivity contribution in [3.05, 3.63) is 65.2 Å². The van der Waals surface area contributed by atoms with Crippen LogP contribution in [0.15, 0.2) is 48.5 Å². The van der Waals surface area contributed by atoms with Gasteiger partial charge in [0.2, 0.25) is 0 Å². The van der Waals surface area contributed by atoms with Crippen LogP contribution in [-0.2, 0) is 17.7 Å². The number of aromatic carboxylic acids is 1. The van der Waals surface area contributed by atoms with Gasteiger partial charge in [0.1, 0.15) is 11.3 Å². The van der Waals surface area contributed by atoms with Gasteiger partial charge >= 0.3 is 5.97 Å². The lowest BCUT2D eigenvalue weighted by atomic mass is 10.0. The van der Waals surface area contributed by atoms with Crippen molar-refractivity contribution in [2.45, 2.75) is 25.5 Å². The van der Waals surface area contributed by atoms with Crippen LogP contribution in [0.2, 0.25) is 0 Å². The maximum atomic E-state index is 11.1. The van der Waals surface area contributed by atoms with Crippen LogP contribution >= 0.6 is 0 Å². The molecule has 132 valence electrons. The van der Waals surface area contributed by atoms with Gasteiger partial charge in [0.15, 0.2) is 0 Å². The molecule has 1 aliphatic rings. The standard InChI is InChI=1S/C20H23NO4/c22-19-9-7-16(12-18(19)20(23)24)13-21-10-11-25-17(14-21)8-6-15-4-2-1-3-5-15/h1-5,7,9,12,17,22H,6,8,10-11,13-14H2,(H,23,24)/t17-/m1/s1. The molecule has 0 aromatic heterocycles. The van der Waals surface area contributed by atoms with Crippen molar-refractivity contribution in [1.82, 2.24) is 4.90 Å². The largest absolute Gasteiger partial charge is 0.507 e. The van der Waals surface area contributed by atoms with Gasteiger partial charge in [0.25, 0.3) is 0 Å². The van der Waals surface area contributed by atoms with Crippen molar-refractivity contribution in [1.29, 1.82) is 0 Å². The highest BCUT2D eigenvalue weighted by atomic mass is 16.5. The van der Waals surface area contributed by atoms with Gasteiger partial charge in [-0.2, -0.15) is 0 Å². The first kappa shape index (κ1) is 17.5. The zero-order chi connectivity index (χ0) is 17.6. The minimum Gasteiger partial charge on any atom is -0.507 e. The van der Waals surface area contributed by atoms with Crippen LogP contribution in [0.1, 0.15) is 27.9 Å². The zero-order valence-electron chi connectivity index (χ0n) is 14.1. The molecule has 1 saturated heterocycles. The van der Waals surface area contributed by atoms with Crippen molar-refractivity contribution >= 4 is 5.97 Å². The molecule has 0 unspecified atom stereocenters. The van der Waals surface area contributed by atoms with Gasteiger partial charge in [-0.25, -0.2) is 4.79 Å². The first-order valence-electron chi connectivity index (χ1n) is 8.55. The summed E-state index contributed by atoms with van der Waals surface area (Å²) in [6, 6.07) is 15.1. The second-order valence-electron chi connectivity index (χ2n) is 6.41. The third kappa shape index (κ3) is 4.81. The number of nitrogens with zero attached hydrogens (tertiary/aromatic N) is 1. The van der Waals surface area contributed by atoms with Crippen molar-refractivity contribution in [3.63, 3.8) is 0 Å². The Bertz CT molecular complexity index is 717. The number of hydrogen-bond donors (Lipinski definition) is 2. The van der Waals surface area contributed by atoms with Gasteiger partial charge in [0, 0.05) is 19.6 Å². The van der Waals surface area contributed by atoms with E-state index in [4.69, 9.17) is 9.84 Å². The molecule has 5 nitrogen and oxygen atoms in total. The minimum absolute atomic E-state index is 0.0496. The quantitative estimate of drug-likeness (QED) is 0.845. The van der Waals surface area contributed by atoms with E-state index in [0.717, 1.165) is 31.5 Å². The SMILES string of the molecule is O=C(O)c1cc(CN2CCO[C@H](CCc3ccccc3)C2)ccc1O. The predicted molar refractivity (Wildman–Crippen MR) is 94.8 cm³/mol. The molecule has 0 spiro atoms. The third-order valence-corrected chi connectivity index (χ3v) is 4.52. The van der Waals surface area contributed by atoms with E-state index in [2.05, 4.69) is 17.0 Å². The molecule has 2 aromatic rings. The Kier molecular flexibility index (Phi) is 5.68. The third-order valence-electron chi connectivity index (χ3n) is 4.52. The number of carboxylic acids is 1. The molecule has 0 bridgehead atoms. The highest BCUT2D eigenvalue weighted by molar-refractivity contribution is 5.90. The van der Waals surface area contributed by atoms with E-state index in [1.54, 1.807) is 12.1 Å². The number of rotatable bonds is 6. The number of carbonyl (C=O) groups is 1. The molecule has 2 aromatic carbocycles. The second-order valence-corrected chi connectivity index (χ2v) is 6.41. The number of benzene rings is 2. The summed E-state index contributed by atoms with van der Waals surface area (Å²) < 4.78 is 5.87. The summed E-state index contributed by atoms with van der Waals surface area (Å²) in [7, 11) is 0. The van der Waals surface area contributed by atoms with Crippen LogP contribution in [0, 0.1) is 0 Å². The molecular weight excluding hydrogens is 318 g/mol. The Hall–Kier alpha value is -2.37. The number of aromatic hydroxyl groups is 1. The van der Waals surface area contributed by atoms with E-state index in [-0.39, 0.29) is 17.4 Å². The Balaban J connectivity index is 1.56. The lowest BCUT2D eigenvalue weighted by Gasteiger charge is -2.33.